The lowest BCUT2D eigenvalue weighted by Crippen LogP contribution is -2.13. The maximum absolute atomic E-state index is 12.3. The molecule has 6 heteroatoms. The van der Waals surface area contributed by atoms with Crippen molar-refractivity contribution >= 4 is 21.4 Å². The molecule has 0 amide bonds. The van der Waals surface area contributed by atoms with Gasteiger partial charge in [-0.05, 0) is 57.0 Å². The van der Waals surface area contributed by atoms with Crippen molar-refractivity contribution in [2.24, 2.45) is 0 Å². The highest BCUT2D eigenvalue weighted by molar-refractivity contribution is 7.92. The Labute approximate surface area is 172 Å². The molecule has 28 heavy (non-hydrogen) atoms. The van der Waals surface area contributed by atoms with Crippen LogP contribution < -0.4 is 0 Å². The molecule has 3 rings (SSSR count). The highest BCUT2D eigenvalue weighted by Gasteiger charge is 2.19. The molecule has 0 spiro atoms. The summed E-state index contributed by atoms with van der Waals surface area (Å²) < 4.78 is 24.5. The second-order valence-electron chi connectivity index (χ2n) is 6.57. The molecule has 0 atom stereocenters. The van der Waals surface area contributed by atoms with Crippen molar-refractivity contribution in [3.8, 4) is 23.1 Å². The van der Waals surface area contributed by atoms with Gasteiger partial charge >= 0.3 is 0 Å². The number of nitrogens with zero attached hydrogens (tertiary/aromatic N) is 2. The van der Waals surface area contributed by atoms with Crippen LogP contribution in [-0.2, 0) is 9.84 Å². The second kappa shape index (κ2) is 8.14. The summed E-state index contributed by atoms with van der Waals surface area (Å²) in [6, 6.07) is 14.0. The molecular formula is C22H21ClN2O2S. The molecular weight excluding hydrogens is 392 g/mol. The molecule has 0 aliphatic heterocycles. The Morgan fingerprint density at radius 2 is 1.79 bits per heavy atom. The number of sulfone groups is 1. The number of hydrogen-bond donors (Lipinski definition) is 0. The Balaban J connectivity index is 0.00000300. The number of rotatable bonds is 3. The van der Waals surface area contributed by atoms with Crippen LogP contribution >= 0.6 is 11.6 Å². The summed E-state index contributed by atoms with van der Waals surface area (Å²) in [6.45, 7) is 5.18. The molecule has 3 aromatic rings. The van der Waals surface area contributed by atoms with Crippen molar-refractivity contribution in [3.05, 3.63) is 76.7 Å². The summed E-state index contributed by atoms with van der Waals surface area (Å²) in [5, 5.41) is 0.158. The van der Waals surface area contributed by atoms with Crippen LogP contribution in [0, 0.1) is 18.8 Å². The highest BCUT2D eigenvalue weighted by atomic mass is 35.5. The number of aromatic nitrogens is 2. The lowest BCUT2D eigenvalue weighted by Gasteiger charge is -2.09. The molecule has 1 heterocycles. The first kappa shape index (κ1) is 20.1. The fourth-order valence-corrected chi connectivity index (χ4v) is 3.74. The molecule has 0 saturated carbocycles. The van der Waals surface area contributed by atoms with Gasteiger partial charge < -0.3 is 0 Å². The van der Waals surface area contributed by atoms with Gasteiger partial charge in [0.05, 0.1) is 27.7 Å². The molecule has 2 aromatic carbocycles. The van der Waals surface area contributed by atoms with Gasteiger partial charge in [0.25, 0.3) is 0 Å². The third kappa shape index (κ3) is 4.41. The molecule has 0 unspecified atom stereocenters. The third-order valence-corrected chi connectivity index (χ3v) is 6.61. The van der Waals surface area contributed by atoms with Gasteiger partial charge in [0.15, 0.2) is 9.84 Å². The molecule has 0 N–H and O–H groups in total. The van der Waals surface area contributed by atoms with E-state index < -0.39 is 15.1 Å². The van der Waals surface area contributed by atoms with E-state index in [0.717, 1.165) is 16.8 Å². The summed E-state index contributed by atoms with van der Waals surface area (Å²) in [7, 11) is -3.30. The summed E-state index contributed by atoms with van der Waals surface area (Å²) >= 11 is 5.99. The lowest BCUT2D eigenvalue weighted by molar-refractivity contribution is 0.587. The minimum atomic E-state index is -3.30. The minimum Gasteiger partial charge on any atom is -0.256 e. The zero-order valence-corrected chi connectivity index (χ0v) is 17.3. The third-order valence-electron chi connectivity index (χ3n) is 4.20. The van der Waals surface area contributed by atoms with Crippen LogP contribution in [0.5, 0.6) is 0 Å². The van der Waals surface area contributed by atoms with Gasteiger partial charge in [-0.2, -0.15) is 0 Å². The van der Waals surface area contributed by atoms with Crippen molar-refractivity contribution in [2.75, 3.05) is 0 Å². The van der Waals surface area contributed by atoms with Crippen molar-refractivity contribution in [1.82, 2.24) is 9.97 Å². The van der Waals surface area contributed by atoms with E-state index >= 15 is 0 Å². The van der Waals surface area contributed by atoms with Gasteiger partial charge in [0.2, 0.25) is 0 Å². The number of aryl methyl sites for hydroxylation is 1. The zero-order chi connectivity index (χ0) is 20.3. The molecule has 4 nitrogen and oxygen atoms in total. The Morgan fingerprint density at radius 1 is 1.07 bits per heavy atom. The molecule has 0 aliphatic rings. The normalized spacial score (nSPS) is 11.2. The Kier molecular flexibility index (Phi) is 5.83. The summed E-state index contributed by atoms with van der Waals surface area (Å²) in [5.41, 5.74) is 3.49. The summed E-state index contributed by atoms with van der Waals surface area (Å²) in [5.74, 6) is 6.09. The first-order chi connectivity index (χ1) is 13.3. The highest BCUT2D eigenvalue weighted by Crippen LogP contribution is 2.22. The fraction of sp³-hybridized carbons (Fsp3) is 0.182. The van der Waals surface area contributed by atoms with E-state index in [0.29, 0.717) is 21.3 Å². The van der Waals surface area contributed by atoms with Crippen LogP contribution in [0.25, 0.3) is 11.3 Å². The van der Waals surface area contributed by atoms with E-state index in [1.807, 2.05) is 19.1 Å². The average molecular weight is 413 g/mol. The SMILES string of the molecule is Cc1ncc(-c2ccc(S(=O)(=O)C(C)C)cc2)nc1C#Cc1cccc(Cl)c1.[HH]. The van der Waals surface area contributed by atoms with Gasteiger partial charge in [0, 0.05) is 17.6 Å². The van der Waals surface area contributed by atoms with E-state index in [2.05, 4.69) is 21.8 Å². The van der Waals surface area contributed by atoms with E-state index in [9.17, 15) is 8.42 Å². The molecule has 0 radical (unpaired) electrons. The fourth-order valence-electron chi connectivity index (χ4n) is 2.49. The van der Waals surface area contributed by atoms with E-state index in [1.165, 1.54) is 0 Å². The lowest BCUT2D eigenvalue weighted by atomic mass is 10.1. The molecule has 144 valence electrons. The van der Waals surface area contributed by atoms with Crippen LogP contribution in [0.3, 0.4) is 0 Å². The topological polar surface area (TPSA) is 59.9 Å². The van der Waals surface area contributed by atoms with Crippen molar-refractivity contribution in [1.29, 1.82) is 0 Å². The van der Waals surface area contributed by atoms with Gasteiger partial charge in [-0.1, -0.05) is 35.7 Å². The van der Waals surface area contributed by atoms with Crippen molar-refractivity contribution in [2.45, 2.75) is 30.9 Å². The summed E-state index contributed by atoms with van der Waals surface area (Å²) in [4.78, 5) is 9.26. The summed E-state index contributed by atoms with van der Waals surface area (Å²) in [6.07, 6.45) is 1.66. The maximum atomic E-state index is 12.3. The van der Waals surface area contributed by atoms with Crippen LogP contribution in [0.1, 0.15) is 32.2 Å². The van der Waals surface area contributed by atoms with Gasteiger partial charge in [0.1, 0.15) is 5.69 Å². The predicted octanol–water partition coefficient (Wildman–Crippen LogP) is 4.93. The average Bonchev–Trinajstić information content (AvgIpc) is 2.67. The first-order valence-electron chi connectivity index (χ1n) is 8.73. The Morgan fingerprint density at radius 3 is 2.43 bits per heavy atom. The first-order valence-corrected chi connectivity index (χ1v) is 10.7. The van der Waals surface area contributed by atoms with Crippen molar-refractivity contribution < 1.29 is 9.84 Å². The number of benzene rings is 2. The standard InChI is InChI=1S/C22H19ClN2O2S.H2/c1-15(2)28(26,27)20-10-8-18(9-11-20)22-14-24-16(3)21(25-22)12-7-17-5-4-6-19(23)13-17;/h4-6,8-11,13-15H,1-3H3;1H. The van der Waals surface area contributed by atoms with E-state index in [1.54, 1.807) is 56.4 Å². The predicted molar refractivity (Wildman–Crippen MR) is 114 cm³/mol. The number of hydrogen-bond acceptors (Lipinski definition) is 4. The Bertz CT molecular complexity index is 1180. The molecule has 0 fully saturated rings. The van der Waals surface area contributed by atoms with Crippen LogP contribution in [0.15, 0.2) is 59.6 Å². The van der Waals surface area contributed by atoms with Crippen LogP contribution in [-0.4, -0.2) is 23.6 Å². The molecule has 1 aromatic heterocycles. The van der Waals surface area contributed by atoms with E-state index in [4.69, 9.17) is 11.6 Å². The maximum Gasteiger partial charge on any atom is 0.180 e. The second-order valence-corrected chi connectivity index (χ2v) is 9.51. The minimum absolute atomic E-state index is 0. The van der Waals surface area contributed by atoms with Crippen LogP contribution in [0.4, 0.5) is 0 Å². The van der Waals surface area contributed by atoms with Gasteiger partial charge in [-0.3, -0.25) is 4.98 Å². The smallest absolute Gasteiger partial charge is 0.180 e. The van der Waals surface area contributed by atoms with Crippen molar-refractivity contribution in [3.63, 3.8) is 0 Å². The van der Waals surface area contributed by atoms with Crippen LogP contribution in [0.2, 0.25) is 5.02 Å². The molecule has 0 saturated heterocycles. The number of halogens is 1. The zero-order valence-electron chi connectivity index (χ0n) is 15.8. The monoisotopic (exact) mass is 412 g/mol. The molecule has 0 bridgehead atoms. The quantitative estimate of drug-likeness (QED) is 0.572. The van der Waals surface area contributed by atoms with E-state index in [-0.39, 0.29) is 1.43 Å². The van der Waals surface area contributed by atoms with Gasteiger partial charge in [-0.25, -0.2) is 13.4 Å². The van der Waals surface area contributed by atoms with Gasteiger partial charge in [-0.15, -0.1) is 0 Å². The largest absolute Gasteiger partial charge is 0.256 e. The Hall–Kier alpha value is -2.68. The molecule has 0 aliphatic carbocycles.